The summed E-state index contributed by atoms with van der Waals surface area (Å²) in [5.41, 5.74) is 0.878. The van der Waals surface area contributed by atoms with E-state index in [1.807, 2.05) is 0 Å². The van der Waals surface area contributed by atoms with Crippen molar-refractivity contribution in [1.29, 1.82) is 0 Å². The van der Waals surface area contributed by atoms with Gasteiger partial charge in [-0.25, -0.2) is 0 Å². The minimum absolute atomic E-state index is 0.0836. The second-order valence-corrected chi connectivity index (χ2v) is 5.79. The summed E-state index contributed by atoms with van der Waals surface area (Å²) in [6.45, 7) is 5.89. The summed E-state index contributed by atoms with van der Waals surface area (Å²) in [6, 6.07) is 4.23. The number of hydrogen-bond acceptors (Lipinski definition) is 4. The molecule has 7 nitrogen and oxygen atoms in total. The van der Waals surface area contributed by atoms with Crippen LogP contribution in [0, 0.1) is 0 Å². The molecule has 0 saturated carbocycles. The summed E-state index contributed by atoms with van der Waals surface area (Å²) in [6.07, 6.45) is 0.390. The molecule has 128 valence electrons. The van der Waals surface area contributed by atoms with E-state index >= 15 is 0 Å². The standard InChI is InChI=1S/C17H21N3O4/c1-4-14(21)18-7-8-19-15(22)11-5-6-12-13(9-11)17(24)20(10(2)3)16(12)23/h5-6,9-10H,4,7-8H2,1-3H3,(H,18,21)(H,19,22). The molecule has 2 N–H and O–H groups in total. The number of fused-ring (bicyclic) bond motifs is 1. The molecule has 24 heavy (non-hydrogen) atoms. The lowest BCUT2D eigenvalue weighted by molar-refractivity contribution is -0.120. The van der Waals surface area contributed by atoms with E-state index in [0.29, 0.717) is 24.1 Å². The van der Waals surface area contributed by atoms with Gasteiger partial charge in [-0.3, -0.25) is 24.1 Å². The monoisotopic (exact) mass is 331 g/mol. The van der Waals surface area contributed by atoms with Gasteiger partial charge in [-0.1, -0.05) is 6.92 Å². The third-order valence-corrected chi connectivity index (χ3v) is 3.75. The number of carbonyl (C=O) groups is 4. The lowest BCUT2D eigenvalue weighted by atomic mass is 10.1. The fourth-order valence-corrected chi connectivity index (χ4v) is 2.47. The highest BCUT2D eigenvalue weighted by Gasteiger charge is 2.37. The van der Waals surface area contributed by atoms with Crippen LogP contribution in [0.15, 0.2) is 18.2 Å². The molecule has 0 bridgehead atoms. The van der Waals surface area contributed by atoms with Crippen LogP contribution < -0.4 is 10.6 Å². The van der Waals surface area contributed by atoms with Crippen molar-refractivity contribution in [2.75, 3.05) is 13.1 Å². The van der Waals surface area contributed by atoms with Gasteiger partial charge in [0.05, 0.1) is 11.1 Å². The first-order valence-corrected chi connectivity index (χ1v) is 7.93. The molecule has 2 rings (SSSR count). The molecule has 0 unspecified atom stereocenters. The van der Waals surface area contributed by atoms with Crippen LogP contribution in [0.3, 0.4) is 0 Å². The lowest BCUT2D eigenvalue weighted by Crippen LogP contribution is -2.36. The van der Waals surface area contributed by atoms with Gasteiger partial charge in [0.1, 0.15) is 0 Å². The molecular weight excluding hydrogens is 310 g/mol. The van der Waals surface area contributed by atoms with Crippen LogP contribution in [-0.2, 0) is 4.79 Å². The first-order valence-electron chi connectivity index (χ1n) is 7.93. The average molecular weight is 331 g/mol. The second-order valence-electron chi connectivity index (χ2n) is 5.79. The minimum Gasteiger partial charge on any atom is -0.354 e. The third kappa shape index (κ3) is 3.45. The zero-order valence-corrected chi connectivity index (χ0v) is 14.0. The normalized spacial score (nSPS) is 13.2. The van der Waals surface area contributed by atoms with Crippen molar-refractivity contribution in [1.82, 2.24) is 15.5 Å². The predicted octanol–water partition coefficient (Wildman–Crippen LogP) is 0.947. The van der Waals surface area contributed by atoms with E-state index in [1.165, 1.54) is 23.1 Å². The van der Waals surface area contributed by atoms with Gasteiger partial charge >= 0.3 is 0 Å². The van der Waals surface area contributed by atoms with Crippen LogP contribution >= 0.6 is 0 Å². The van der Waals surface area contributed by atoms with Crippen LogP contribution in [0.1, 0.15) is 58.3 Å². The van der Waals surface area contributed by atoms with Crippen molar-refractivity contribution < 1.29 is 19.2 Å². The molecule has 7 heteroatoms. The Kier molecular flexibility index (Phi) is 5.33. The number of carbonyl (C=O) groups excluding carboxylic acids is 4. The maximum Gasteiger partial charge on any atom is 0.261 e. The van der Waals surface area contributed by atoms with Crippen molar-refractivity contribution in [2.45, 2.75) is 33.2 Å². The number of nitrogens with one attached hydrogen (secondary N) is 2. The van der Waals surface area contributed by atoms with E-state index in [0.717, 1.165) is 0 Å². The molecule has 0 fully saturated rings. The largest absolute Gasteiger partial charge is 0.354 e. The van der Waals surface area contributed by atoms with Crippen molar-refractivity contribution in [2.24, 2.45) is 0 Å². The molecule has 1 aromatic rings. The summed E-state index contributed by atoms with van der Waals surface area (Å²) in [7, 11) is 0. The highest BCUT2D eigenvalue weighted by molar-refractivity contribution is 6.22. The topological polar surface area (TPSA) is 95.6 Å². The molecule has 0 radical (unpaired) electrons. The van der Waals surface area contributed by atoms with Crippen LogP contribution in [0.25, 0.3) is 0 Å². The Morgan fingerprint density at radius 1 is 1.04 bits per heavy atom. The Morgan fingerprint density at radius 2 is 1.67 bits per heavy atom. The molecule has 1 heterocycles. The summed E-state index contributed by atoms with van der Waals surface area (Å²) >= 11 is 0. The molecule has 4 amide bonds. The Morgan fingerprint density at radius 3 is 2.29 bits per heavy atom. The van der Waals surface area contributed by atoms with E-state index in [4.69, 9.17) is 0 Å². The number of imide groups is 1. The highest BCUT2D eigenvalue weighted by atomic mass is 16.2. The maximum atomic E-state index is 12.3. The van der Waals surface area contributed by atoms with Crippen molar-refractivity contribution in [3.05, 3.63) is 34.9 Å². The Bertz CT molecular complexity index is 697. The van der Waals surface area contributed by atoms with Gasteiger partial charge in [-0.15, -0.1) is 0 Å². The fraction of sp³-hybridized carbons (Fsp3) is 0.412. The zero-order chi connectivity index (χ0) is 17.9. The molecule has 0 spiro atoms. The third-order valence-electron chi connectivity index (χ3n) is 3.75. The highest BCUT2D eigenvalue weighted by Crippen LogP contribution is 2.25. The minimum atomic E-state index is -0.380. The predicted molar refractivity (Wildman–Crippen MR) is 87.7 cm³/mol. The lowest BCUT2D eigenvalue weighted by Gasteiger charge is -2.17. The summed E-state index contributed by atoms with van der Waals surface area (Å²) in [5, 5.41) is 5.32. The van der Waals surface area contributed by atoms with Crippen molar-refractivity contribution in [3.8, 4) is 0 Å². The van der Waals surface area contributed by atoms with Gasteiger partial charge in [0, 0.05) is 31.1 Å². The smallest absolute Gasteiger partial charge is 0.261 e. The Balaban J connectivity index is 2.05. The molecule has 1 aliphatic rings. The number of amides is 4. The molecule has 1 aliphatic heterocycles. The van der Waals surface area contributed by atoms with Gasteiger partial charge in [0.25, 0.3) is 17.7 Å². The van der Waals surface area contributed by atoms with Crippen LogP contribution in [0.2, 0.25) is 0 Å². The number of nitrogens with zero attached hydrogens (tertiary/aromatic N) is 1. The van der Waals surface area contributed by atoms with Crippen LogP contribution in [0.5, 0.6) is 0 Å². The molecule has 0 aromatic heterocycles. The zero-order valence-electron chi connectivity index (χ0n) is 14.0. The average Bonchev–Trinajstić information content (AvgIpc) is 2.81. The first-order chi connectivity index (χ1) is 11.4. The fourth-order valence-electron chi connectivity index (χ4n) is 2.47. The van der Waals surface area contributed by atoms with Gasteiger partial charge in [0.15, 0.2) is 0 Å². The number of hydrogen-bond donors (Lipinski definition) is 2. The number of rotatable bonds is 6. The van der Waals surface area contributed by atoms with E-state index in [-0.39, 0.29) is 41.8 Å². The van der Waals surface area contributed by atoms with Crippen molar-refractivity contribution in [3.63, 3.8) is 0 Å². The quantitative estimate of drug-likeness (QED) is 0.599. The number of benzene rings is 1. The van der Waals surface area contributed by atoms with Crippen molar-refractivity contribution >= 4 is 23.6 Å². The van der Waals surface area contributed by atoms with E-state index < -0.39 is 0 Å². The van der Waals surface area contributed by atoms with Gasteiger partial charge in [-0.2, -0.15) is 0 Å². The van der Waals surface area contributed by atoms with Gasteiger partial charge < -0.3 is 10.6 Å². The SMILES string of the molecule is CCC(=O)NCCNC(=O)c1ccc2c(c1)C(=O)N(C(C)C)C2=O. The summed E-state index contributed by atoms with van der Waals surface area (Å²) in [5.74, 6) is -1.15. The van der Waals surface area contributed by atoms with Gasteiger partial charge in [0.2, 0.25) is 5.91 Å². The molecule has 0 saturated heterocycles. The molecule has 1 aromatic carbocycles. The molecule has 0 atom stereocenters. The van der Waals surface area contributed by atoms with E-state index in [9.17, 15) is 19.2 Å². The summed E-state index contributed by atoms with van der Waals surface area (Å²) in [4.78, 5) is 48.9. The first kappa shape index (κ1) is 17.7. The Labute approximate surface area is 140 Å². The molecule has 0 aliphatic carbocycles. The maximum absolute atomic E-state index is 12.3. The van der Waals surface area contributed by atoms with E-state index in [2.05, 4.69) is 10.6 Å². The second kappa shape index (κ2) is 7.25. The Hall–Kier alpha value is -2.70. The van der Waals surface area contributed by atoms with Crippen LogP contribution in [0.4, 0.5) is 0 Å². The van der Waals surface area contributed by atoms with Gasteiger partial charge in [-0.05, 0) is 32.0 Å². The van der Waals surface area contributed by atoms with E-state index in [1.54, 1.807) is 20.8 Å². The molecular formula is C17H21N3O4. The van der Waals surface area contributed by atoms with Crippen LogP contribution in [-0.4, -0.2) is 47.7 Å². The summed E-state index contributed by atoms with van der Waals surface area (Å²) < 4.78 is 0.